The molecule has 0 bridgehead atoms. The summed E-state index contributed by atoms with van der Waals surface area (Å²) in [4.78, 5) is 24.6. The zero-order chi connectivity index (χ0) is 20.6. The van der Waals surface area contributed by atoms with Crippen LogP contribution in [0.15, 0.2) is 65.6 Å². The van der Waals surface area contributed by atoms with E-state index in [2.05, 4.69) is 19.7 Å². The van der Waals surface area contributed by atoms with Crippen molar-refractivity contribution in [3.8, 4) is 22.5 Å². The number of rotatable bonds is 4. The number of nitrogens with one attached hydrogen (secondary N) is 2. The van der Waals surface area contributed by atoms with E-state index in [1.165, 1.54) is 6.07 Å². The maximum Gasteiger partial charge on any atom is 0.229 e. The van der Waals surface area contributed by atoms with Crippen LogP contribution in [0.2, 0.25) is 0 Å². The van der Waals surface area contributed by atoms with Gasteiger partial charge in [-0.15, -0.1) is 0 Å². The molecule has 0 saturated carbocycles. The van der Waals surface area contributed by atoms with Crippen molar-refractivity contribution in [1.29, 1.82) is 0 Å². The number of aromatic nitrogens is 3. The molecule has 2 aromatic carbocycles. The van der Waals surface area contributed by atoms with Crippen LogP contribution in [0.4, 0.5) is 5.69 Å². The first kappa shape index (κ1) is 18.8. The molecule has 0 radical (unpaired) electrons. The summed E-state index contributed by atoms with van der Waals surface area (Å²) in [6.07, 6.45) is 2.65. The van der Waals surface area contributed by atoms with Crippen molar-refractivity contribution < 1.29 is 8.42 Å². The number of nitrogens with zero attached hydrogens (tertiary/aromatic N) is 2. The molecule has 4 aromatic rings. The number of hydrogen-bond donors (Lipinski definition) is 2. The lowest BCUT2D eigenvalue weighted by Gasteiger charge is -2.13. The van der Waals surface area contributed by atoms with Crippen LogP contribution in [0, 0.1) is 6.92 Å². The number of pyridine rings is 1. The van der Waals surface area contributed by atoms with Gasteiger partial charge in [0.1, 0.15) is 0 Å². The summed E-state index contributed by atoms with van der Waals surface area (Å²) in [5.74, 6) is 0. The van der Waals surface area contributed by atoms with Crippen LogP contribution in [-0.4, -0.2) is 29.6 Å². The fourth-order valence-electron chi connectivity index (χ4n) is 3.11. The van der Waals surface area contributed by atoms with Crippen LogP contribution in [0.5, 0.6) is 0 Å². The van der Waals surface area contributed by atoms with Gasteiger partial charge in [0.2, 0.25) is 15.5 Å². The van der Waals surface area contributed by atoms with Crippen molar-refractivity contribution in [2.24, 2.45) is 0 Å². The highest BCUT2D eigenvalue weighted by Crippen LogP contribution is 2.32. The molecule has 0 amide bonds. The minimum atomic E-state index is -3.39. The van der Waals surface area contributed by atoms with Gasteiger partial charge in [-0.3, -0.25) is 9.52 Å². The minimum Gasteiger partial charge on any atom is -0.345 e. The van der Waals surface area contributed by atoms with Gasteiger partial charge in [0.25, 0.3) is 0 Å². The van der Waals surface area contributed by atoms with Crippen LogP contribution < -0.4 is 10.2 Å². The molecule has 0 saturated heterocycles. The topological polar surface area (TPSA) is 105 Å². The quantitative estimate of drug-likeness (QED) is 0.541. The van der Waals surface area contributed by atoms with Crippen molar-refractivity contribution in [2.45, 2.75) is 6.92 Å². The lowest BCUT2D eigenvalue weighted by Crippen LogP contribution is -2.10. The van der Waals surface area contributed by atoms with Crippen LogP contribution in [0.1, 0.15) is 5.56 Å². The zero-order valence-electron chi connectivity index (χ0n) is 15.8. The molecule has 0 spiro atoms. The third kappa shape index (κ3) is 3.88. The second kappa shape index (κ2) is 7.14. The highest BCUT2D eigenvalue weighted by molar-refractivity contribution is 7.92. The van der Waals surface area contributed by atoms with Crippen molar-refractivity contribution >= 4 is 26.9 Å². The molecule has 0 atom stereocenters. The minimum absolute atomic E-state index is 0.223. The number of fused-ring (bicyclic) bond motifs is 1. The van der Waals surface area contributed by atoms with Gasteiger partial charge >= 0.3 is 0 Å². The van der Waals surface area contributed by atoms with Crippen LogP contribution in [0.25, 0.3) is 33.7 Å². The largest absolute Gasteiger partial charge is 0.345 e. The first-order chi connectivity index (χ1) is 13.8. The van der Waals surface area contributed by atoms with E-state index in [1.54, 1.807) is 25.3 Å². The average Bonchev–Trinajstić information content (AvgIpc) is 2.69. The molecule has 146 valence electrons. The number of aromatic amines is 1. The third-order valence-electron chi connectivity index (χ3n) is 4.43. The van der Waals surface area contributed by atoms with E-state index in [0.29, 0.717) is 22.7 Å². The number of hydrogen-bond acceptors (Lipinski definition) is 5. The van der Waals surface area contributed by atoms with Gasteiger partial charge in [0.15, 0.2) is 11.2 Å². The summed E-state index contributed by atoms with van der Waals surface area (Å²) in [6.45, 7) is 1.81. The van der Waals surface area contributed by atoms with E-state index in [4.69, 9.17) is 0 Å². The van der Waals surface area contributed by atoms with Crippen molar-refractivity contribution in [3.63, 3.8) is 0 Å². The maximum atomic E-state index is 12.3. The van der Waals surface area contributed by atoms with Gasteiger partial charge in [-0.25, -0.2) is 18.4 Å². The molecular weight excluding hydrogens is 388 g/mol. The normalized spacial score (nSPS) is 11.5. The second-order valence-electron chi connectivity index (χ2n) is 6.73. The summed E-state index contributed by atoms with van der Waals surface area (Å²) in [6, 6.07) is 16.3. The highest BCUT2D eigenvalue weighted by Gasteiger charge is 2.16. The van der Waals surface area contributed by atoms with Gasteiger partial charge in [0, 0.05) is 23.4 Å². The Hall–Kier alpha value is -3.52. The molecule has 0 aliphatic heterocycles. The molecule has 2 aromatic heterocycles. The Labute approximate surface area is 167 Å². The van der Waals surface area contributed by atoms with E-state index in [9.17, 15) is 13.2 Å². The standard InChI is InChI=1S/C21H18N4O3S/c1-13-12-15(8-9-16(13)25-29(2,27)28)19-18(14-6-4-3-5-7-14)24-21-20(23-19)17(26)10-11-22-21/h3-12,25H,1-2H3,(H,22,24,26). The lowest BCUT2D eigenvalue weighted by molar-refractivity contribution is 0.607. The maximum absolute atomic E-state index is 12.3. The molecule has 29 heavy (non-hydrogen) atoms. The van der Waals surface area contributed by atoms with Crippen LogP contribution >= 0.6 is 0 Å². The van der Waals surface area contributed by atoms with Crippen molar-refractivity contribution in [3.05, 3.63) is 76.6 Å². The van der Waals surface area contributed by atoms with Crippen LogP contribution in [0.3, 0.4) is 0 Å². The summed E-state index contributed by atoms with van der Waals surface area (Å²) in [5, 5.41) is 0. The molecule has 2 heterocycles. The summed E-state index contributed by atoms with van der Waals surface area (Å²) >= 11 is 0. The van der Waals surface area contributed by atoms with Gasteiger partial charge in [0.05, 0.1) is 23.3 Å². The SMILES string of the molecule is Cc1cc(-c2nc3c(=O)cc[nH]c3nc2-c2ccccc2)ccc1NS(C)(=O)=O. The molecule has 7 nitrogen and oxygen atoms in total. The number of anilines is 1. The van der Waals surface area contributed by atoms with Gasteiger partial charge in [-0.05, 0) is 24.6 Å². The predicted molar refractivity (Wildman–Crippen MR) is 114 cm³/mol. The molecule has 0 aliphatic rings. The van der Waals surface area contributed by atoms with Crippen LogP contribution in [-0.2, 0) is 10.0 Å². The summed E-state index contributed by atoms with van der Waals surface area (Å²) < 4.78 is 25.6. The zero-order valence-corrected chi connectivity index (χ0v) is 16.6. The van der Waals surface area contributed by atoms with E-state index in [1.807, 2.05) is 36.4 Å². The Morgan fingerprint density at radius 1 is 0.931 bits per heavy atom. The Morgan fingerprint density at radius 3 is 2.34 bits per heavy atom. The molecule has 0 unspecified atom stereocenters. The Kier molecular flexibility index (Phi) is 4.63. The second-order valence-corrected chi connectivity index (χ2v) is 8.48. The van der Waals surface area contributed by atoms with Crippen molar-refractivity contribution in [2.75, 3.05) is 11.0 Å². The van der Waals surface area contributed by atoms with Gasteiger partial charge in [-0.2, -0.15) is 0 Å². The monoisotopic (exact) mass is 406 g/mol. The first-order valence-electron chi connectivity index (χ1n) is 8.85. The Morgan fingerprint density at radius 2 is 1.66 bits per heavy atom. The van der Waals surface area contributed by atoms with E-state index in [-0.39, 0.29) is 10.9 Å². The van der Waals surface area contributed by atoms with E-state index >= 15 is 0 Å². The Bertz CT molecular complexity index is 1380. The Balaban J connectivity index is 1.96. The molecule has 2 N–H and O–H groups in total. The molecule has 4 rings (SSSR count). The molecular formula is C21H18N4O3S. The highest BCUT2D eigenvalue weighted by atomic mass is 32.2. The lowest BCUT2D eigenvalue weighted by atomic mass is 10.0. The summed E-state index contributed by atoms with van der Waals surface area (Å²) in [7, 11) is -3.39. The molecule has 0 aliphatic carbocycles. The smallest absolute Gasteiger partial charge is 0.229 e. The van der Waals surface area contributed by atoms with Gasteiger partial charge in [-0.1, -0.05) is 36.4 Å². The molecule has 0 fully saturated rings. The fraction of sp³-hybridized carbons (Fsp3) is 0.0952. The first-order valence-corrected chi connectivity index (χ1v) is 10.7. The van der Waals surface area contributed by atoms with E-state index < -0.39 is 10.0 Å². The number of aryl methyl sites for hydroxylation is 1. The summed E-state index contributed by atoms with van der Waals surface area (Å²) in [5.41, 5.74) is 4.43. The number of benzene rings is 2. The third-order valence-corrected chi connectivity index (χ3v) is 5.02. The fourth-order valence-corrected chi connectivity index (χ4v) is 3.74. The predicted octanol–water partition coefficient (Wildman–Crippen LogP) is 3.33. The van der Waals surface area contributed by atoms with Crippen molar-refractivity contribution in [1.82, 2.24) is 15.0 Å². The van der Waals surface area contributed by atoms with E-state index in [0.717, 1.165) is 22.9 Å². The number of sulfonamides is 1. The number of H-pyrrole nitrogens is 1. The molecule has 8 heteroatoms. The average molecular weight is 406 g/mol. The van der Waals surface area contributed by atoms with Gasteiger partial charge < -0.3 is 4.98 Å².